The zero-order valence-corrected chi connectivity index (χ0v) is 15.9. The summed E-state index contributed by atoms with van der Waals surface area (Å²) < 4.78 is 6.29. The first-order valence-corrected chi connectivity index (χ1v) is 9.80. The minimum atomic E-state index is -0.407. The van der Waals surface area contributed by atoms with Gasteiger partial charge >= 0.3 is 0 Å². The fourth-order valence-electron chi connectivity index (χ4n) is 4.64. The molecule has 4 heterocycles. The second-order valence-corrected chi connectivity index (χ2v) is 8.01. The number of aromatic nitrogens is 2. The molecule has 3 atom stereocenters. The molecule has 3 saturated heterocycles. The van der Waals surface area contributed by atoms with Gasteiger partial charge in [0.05, 0.1) is 18.7 Å². The molecular weight excluding hydrogens is 330 g/mol. The van der Waals surface area contributed by atoms with Crippen LogP contribution in [0.2, 0.25) is 0 Å². The van der Waals surface area contributed by atoms with Crippen molar-refractivity contribution in [3.05, 3.63) is 18.0 Å². The van der Waals surface area contributed by atoms with Crippen LogP contribution in [0.3, 0.4) is 0 Å². The van der Waals surface area contributed by atoms with E-state index in [1.54, 1.807) is 0 Å². The van der Waals surface area contributed by atoms with Crippen molar-refractivity contribution in [1.29, 1.82) is 0 Å². The zero-order chi connectivity index (χ0) is 18.3. The average Bonchev–Trinajstić information content (AvgIpc) is 3.25. The van der Waals surface area contributed by atoms with Crippen molar-refractivity contribution in [2.75, 3.05) is 25.0 Å². The number of carbonyl (C=O) groups excluding carboxylic acids is 1. The Morgan fingerprint density at radius 3 is 2.85 bits per heavy atom. The summed E-state index contributed by atoms with van der Waals surface area (Å²) in [5.41, 5.74) is 0.670. The predicted octanol–water partition coefficient (Wildman–Crippen LogP) is 1.86. The summed E-state index contributed by atoms with van der Waals surface area (Å²) in [7, 11) is 0. The van der Waals surface area contributed by atoms with Crippen molar-refractivity contribution in [2.45, 2.75) is 64.4 Å². The smallest absolute Gasteiger partial charge is 0.226 e. The van der Waals surface area contributed by atoms with E-state index in [4.69, 9.17) is 4.74 Å². The third kappa shape index (κ3) is 2.77. The first-order chi connectivity index (χ1) is 12.5. The van der Waals surface area contributed by atoms with Gasteiger partial charge in [0.15, 0.2) is 5.72 Å². The molecular formula is C19H29N5O2. The number of nitrogens with zero attached hydrogens (tertiary/aromatic N) is 4. The van der Waals surface area contributed by atoms with Crippen LogP contribution in [0.25, 0.3) is 0 Å². The molecule has 1 aromatic rings. The Morgan fingerprint density at radius 2 is 2.15 bits per heavy atom. The van der Waals surface area contributed by atoms with Crippen LogP contribution >= 0.6 is 0 Å². The Bertz CT molecular complexity index is 664. The van der Waals surface area contributed by atoms with Crippen LogP contribution in [0.1, 0.15) is 45.6 Å². The van der Waals surface area contributed by atoms with E-state index >= 15 is 0 Å². The number of likely N-dealkylation sites (tertiary alicyclic amines) is 1. The molecule has 3 fully saturated rings. The quantitative estimate of drug-likeness (QED) is 0.836. The summed E-state index contributed by atoms with van der Waals surface area (Å²) in [6.07, 6.45) is 6.27. The van der Waals surface area contributed by atoms with Gasteiger partial charge in [-0.1, -0.05) is 20.8 Å². The van der Waals surface area contributed by atoms with Gasteiger partial charge in [-0.25, -0.2) is 9.97 Å². The summed E-state index contributed by atoms with van der Waals surface area (Å²) in [5, 5.41) is 3.20. The molecule has 0 unspecified atom stereocenters. The standard InChI is InChI=1S/C19H29N5O2/c1-4-6-20-18-21-9-14(10-22-18)11-23-7-5-19-16(23)8-17(25)24(19)15(12-26-19)13(2)3/h9-10,13,15-16H,4-8,11-12H2,1-3H3,(H,20,21,22)/t15-,16+,19-/m0/s1. The van der Waals surface area contributed by atoms with Crippen molar-refractivity contribution in [1.82, 2.24) is 19.8 Å². The first kappa shape index (κ1) is 17.7. The van der Waals surface area contributed by atoms with Gasteiger partial charge in [-0.15, -0.1) is 0 Å². The average molecular weight is 359 g/mol. The number of nitrogens with one attached hydrogen (secondary N) is 1. The van der Waals surface area contributed by atoms with Crippen LogP contribution in [0, 0.1) is 5.92 Å². The normalized spacial score (nSPS) is 30.9. The van der Waals surface area contributed by atoms with Crippen LogP contribution < -0.4 is 5.32 Å². The molecule has 0 aromatic carbocycles. The van der Waals surface area contributed by atoms with Gasteiger partial charge in [0, 0.05) is 50.4 Å². The molecule has 0 saturated carbocycles. The van der Waals surface area contributed by atoms with E-state index in [0.717, 1.165) is 38.0 Å². The summed E-state index contributed by atoms with van der Waals surface area (Å²) in [6, 6.07) is 0.344. The van der Waals surface area contributed by atoms with Gasteiger partial charge < -0.3 is 15.0 Å². The second kappa shape index (κ2) is 6.78. The molecule has 142 valence electrons. The minimum absolute atomic E-state index is 0.136. The van der Waals surface area contributed by atoms with E-state index in [9.17, 15) is 4.79 Å². The number of hydrogen-bond donors (Lipinski definition) is 1. The summed E-state index contributed by atoms with van der Waals surface area (Å²) in [5.74, 6) is 1.34. The first-order valence-electron chi connectivity index (χ1n) is 9.80. The number of carbonyl (C=O) groups is 1. The number of ether oxygens (including phenoxy) is 1. The molecule has 26 heavy (non-hydrogen) atoms. The lowest BCUT2D eigenvalue weighted by Gasteiger charge is -2.34. The Hall–Kier alpha value is -1.73. The molecule has 7 heteroatoms. The topological polar surface area (TPSA) is 70.6 Å². The van der Waals surface area contributed by atoms with E-state index in [1.165, 1.54) is 0 Å². The molecule has 3 aliphatic heterocycles. The van der Waals surface area contributed by atoms with Gasteiger partial charge in [-0.2, -0.15) is 0 Å². The monoisotopic (exact) mass is 359 g/mol. The van der Waals surface area contributed by atoms with Gasteiger partial charge in [-0.3, -0.25) is 9.69 Å². The minimum Gasteiger partial charge on any atom is -0.354 e. The van der Waals surface area contributed by atoms with Crippen molar-refractivity contribution in [2.24, 2.45) is 5.92 Å². The van der Waals surface area contributed by atoms with E-state index in [1.807, 2.05) is 12.4 Å². The van der Waals surface area contributed by atoms with Crippen LogP contribution in [0.4, 0.5) is 5.95 Å². The van der Waals surface area contributed by atoms with Crippen molar-refractivity contribution >= 4 is 11.9 Å². The Kier molecular flexibility index (Phi) is 4.61. The number of rotatable bonds is 6. The number of amides is 1. The highest BCUT2D eigenvalue weighted by atomic mass is 16.5. The van der Waals surface area contributed by atoms with E-state index in [2.05, 4.69) is 45.9 Å². The summed E-state index contributed by atoms with van der Waals surface area (Å²) >= 11 is 0. The maximum absolute atomic E-state index is 12.7. The van der Waals surface area contributed by atoms with Gasteiger partial charge in [0.25, 0.3) is 0 Å². The zero-order valence-electron chi connectivity index (χ0n) is 15.9. The van der Waals surface area contributed by atoms with Crippen molar-refractivity contribution < 1.29 is 9.53 Å². The van der Waals surface area contributed by atoms with Gasteiger partial charge in [0.1, 0.15) is 0 Å². The Labute approximate surface area is 155 Å². The molecule has 1 N–H and O–H groups in total. The summed E-state index contributed by atoms with van der Waals surface area (Å²) in [6.45, 7) is 9.70. The van der Waals surface area contributed by atoms with E-state index in [-0.39, 0.29) is 18.0 Å². The summed E-state index contributed by atoms with van der Waals surface area (Å²) in [4.78, 5) is 26.0. The third-order valence-corrected chi connectivity index (χ3v) is 5.99. The number of hydrogen-bond acceptors (Lipinski definition) is 6. The lowest BCUT2D eigenvalue weighted by atomic mass is 10.0. The maximum atomic E-state index is 12.7. The van der Waals surface area contributed by atoms with Crippen molar-refractivity contribution in [3.63, 3.8) is 0 Å². The number of anilines is 1. The lowest BCUT2D eigenvalue weighted by Crippen LogP contribution is -2.50. The molecule has 1 amide bonds. The molecule has 7 nitrogen and oxygen atoms in total. The predicted molar refractivity (Wildman–Crippen MR) is 98.4 cm³/mol. The highest BCUT2D eigenvalue weighted by molar-refractivity contribution is 5.82. The van der Waals surface area contributed by atoms with E-state index < -0.39 is 5.72 Å². The molecule has 4 rings (SSSR count). The largest absolute Gasteiger partial charge is 0.354 e. The van der Waals surface area contributed by atoms with E-state index in [0.29, 0.717) is 24.9 Å². The van der Waals surface area contributed by atoms with Crippen molar-refractivity contribution in [3.8, 4) is 0 Å². The van der Waals surface area contributed by atoms with Crippen LogP contribution in [-0.2, 0) is 16.1 Å². The Morgan fingerprint density at radius 1 is 1.38 bits per heavy atom. The highest BCUT2D eigenvalue weighted by Crippen LogP contribution is 2.49. The molecule has 3 aliphatic rings. The molecule has 0 aliphatic carbocycles. The van der Waals surface area contributed by atoms with Gasteiger partial charge in [-0.05, 0) is 12.3 Å². The third-order valence-electron chi connectivity index (χ3n) is 5.99. The van der Waals surface area contributed by atoms with Crippen LogP contribution in [-0.4, -0.2) is 63.2 Å². The maximum Gasteiger partial charge on any atom is 0.226 e. The SMILES string of the molecule is CCCNc1ncc(CN2CC[C@@]34OC[C@@H](C(C)C)N3C(=O)C[C@@H]24)cn1. The van der Waals surface area contributed by atoms with Gasteiger partial charge in [0.2, 0.25) is 11.9 Å². The lowest BCUT2D eigenvalue weighted by molar-refractivity contribution is -0.139. The molecule has 1 aromatic heterocycles. The highest BCUT2D eigenvalue weighted by Gasteiger charge is 2.64. The Balaban J connectivity index is 1.47. The molecule has 0 bridgehead atoms. The second-order valence-electron chi connectivity index (χ2n) is 8.01. The molecule has 1 spiro atoms. The fourth-order valence-corrected chi connectivity index (χ4v) is 4.64. The van der Waals surface area contributed by atoms with Crippen LogP contribution in [0.15, 0.2) is 12.4 Å². The van der Waals surface area contributed by atoms with Crippen LogP contribution in [0.5, 0.6) is 0 Å². The fraction of sp³-hybridized carbons (Fsp3) is 0.737. The molecule has 0 radical (unpaired) electrons.